The largest absolute Gasteiger partial charge is 0.493 e. The number of piperidine rings is 1. The summed E-state index contributed by atoms with van der Waals surface area (Å²) in [7, 11) is 0. The number of rotatable bonds is 5. The fraction of sp³-hybridized carbons (Fsp3) is 0.625. The lowest BCUT2D eigenvalue weighted by Gasteiger charge is -2.33. The Morgan fingerprint density at radius 1 is 1.25 bits per heavy atom. The van der Waals surface area contributed by atoms with Gasteiger partial charge in [0.05, 0.1) is 19.3 Å². The third kappa shape index (κ3) is 3.35. The van der Waals surface area contributed by atoms with Crippen molar-refractivity contribution in [2.24, 2.45) is 0 Å². The average molecular weight is 340 g/mol. The summed E-state index contributed by atoms with van der Waals surface area (Å²) < 4.78 is 11.6. The van der Waals surface area contributed by atoms with Crippen molar-refractivity contribution >= 4 is 15.9 Å². The molecule has 4 heteroatoms. The van der Waals surface area contributed by atoms with Crippen molar-refractivity contribution in [2.45, 2.75) is 24.9 Å². The SMILES string of the molecule is BrCCOC1CCN(CC2COc3ccccc32)CC1. The van der Waals surface area contributed by atoms with Crippen molar-refractivity contribution in [3.63, 3.8) is 0 Å². The summed E-state index contributed by atoms with van der Waals surface area (Å²) >= 11 is 3.41. The third-order valence-electron chi connectivity index (χ3n) is 4.24. The second-order valence-electron chi connectivity index (χ2n) is 5.61. The van der Waals surface area contributed by atoms with E-state index in [1.807, 2.05) is 6.07 Å². The van der Waals surface area contributed by atoms with Gasteiger partial charge in [-0.05, 0) is 18.9 Å². The lowest BCUT2D eigenvalue weighted by Crippen LogP contribution is -2.39. The van der Waals surface area contributed by atoms with E-state index in [0.717, 1.165) is 56.8 Å². The predicted molar refractivity (Wildman–Crippen MR) is 83.9 cm³/mol. The molecule has 0 aliphatic carbocycles. The van der Waals surface area contributed by atoms with Gasteiger partial charge in [-0.3, -0.25) is 0 Å². The minimum atomic E-state index is 0.455. The molecule has 1 fully saturated rings. The smallest absolute Gasteiger partial charge is 0.122 e. The van der Waals surface area contributed by atoms with Gasteiger partial charge >= 0.3 is 0 Å². The maximum atomic E-state index is 5.81. The van der Waals surface area contributed by atoms with Gasteiger partial charge in [-0.25, -0.2) is 0 Å². The highest BCUT2D eigenvalue weighted by atomic mass is 79.9. The first-order valence-electron chi connectivity index (χ1n) is 7.48. The molecule has 0 amide bonds. The van der Waals surface area contributed by atoms with Gasteiger partial charge in [0, 0.05) is 36.4 Å². The maximum Gasteiger partial charge on any atom is 0.122 e. The molecule has 0 radical (unpaired) electrons. The van der Waals surface area contributed by atoms with E-state index in [1.165, 1.54) is 5.56 Å². The van der Waals surface area contributed by atoms with Crippen LogP contribution in [0.25, 0.3) is 0 Å². The summed E-state index contributed by atoms with van der Waals surface area (Å²) in [5.41, 5.74) is 1.38. The van der Waals surface area contributed by atoms with Gasteiger partial charge in [0.15, 0.2) is 0 Å². The highest BCUT2D eigenvalue weighted by Crippen LogP contribution is 2.34. The molecule has 1 aromatic carbocycles. The van der Waals surface area contributed by atoms with Gasteiger partial charge < -0.3 is 14.4 Å². The number of hydrogen-bond acceptors (Lipinski definition) is 3. The number of fused-ring (bicyclic) bond motifs is 1. The van der Waals surface area contributed by atoms with Crippen molar-refractivity contribution in [2.75, 3.05) is 38.2 Å². The van der Waals surface area contributed by atoms with Gasteiger partial charge in [-0.1, -0.05) is 34.1 Å². The van der Waals surface area contributed by atoms with E-state index < -0.39 is 0 Å². The van der Waals surface area contributed by atoms with E-state index >= 15 is 0 Å². The molecule has 2 heterocycles. The lowest BCUT2D eigenvalue weighted by molar-refractivity contribution is 0.0143. The summed E-state index contributed by atoms with van der Waals surface area (Å²) in [6, 6.07) is 8.45. The van der Waals surface area contributed by atoms with Crippen LogP contribution in [0.4, 0.5) is 0 Å². The third-order valence-corrected chi connectivity index (χ3v) is 4.57. The van der Waals surface area contributed by atoms with Crippen molar-refractivity contribution in [3.8, 4) is 5.75 Å². The molecule has 0 aromatic heterocycles. The molecule has 1 unspecified atom stereocenters. The number of benzene rings is 1. The maximum absolute atomic E-state index is 5.81. The zero-order chi connectivity index (χ0) is 13.8. The molecular formula is C16H22BrNO2. The number of likely N-dealkylation sites (tertiary alicyclic amines) is 1. The molecule has 0 N–H and O–H groups in total. The first kappa shape index (κ1) is 14.4. The van der Waals surface area contributed by atoms with E-state index in [2.05, 4.69) is 39.0 Å². The van der Waals surface area contributed by atoms with Crippen LogP contribution in [0.1, 0.15) is 24.3 Å². The van der Waals surface area contributed by atoms with E-state index in [9.17, 15) is 0 Å². The number of ether oxygens (including phenoxy) is 2. The molecule has 2 aliphatic heterocycles. The van der Waals surface area contributed by atoms with Crippen LogP contribution in [0.5, 0.6) is 5.75 Å². The Balaban J connectivity index is 1.49. The Hall–Kier alpha value is -0.580. The first-order chi connectivity index (χ1) is 9.86. The number of halogens is 1. The molecule has 1 aromatic rings. The van der Waals surface area contributed by atoms with Crippen LogP contribution in [0, 0.1) is 0 Å². The molecule has 0 saturated carbocycles. The number of alkyl halides is 1. The van der Waals surface area contributed by atoms with Crippen LogP contribution >= 0.6 is 15.9 Å². The van der Waals surface area contributed by atoms with E-state index in [1.54, 1.807) is 0 Å². The van der Waals surface area contributed by atoms with E-state index in [4.69, 9.17) is 9.47 Å². The molecule has 20 heavy (non-hydrogen) atoms. The Morgan fingerprint density at radius 3 is 2.85 bits per heavy atom. The molecule has 3 rings (SSSR count). The van der Waals surface area contributed by atoms with Crippen LogP contribution in [-0.2, 0) is 4.74 Å². The molecule has 1 atom stereocenters. The summed E-state index contributed by atoms with van der Waals surface area (Å²) in [5, 5.41) is 0.934. The molecule has 1 saturated heterocycles. The van der Waals surface area contributed by atoms with Crippen LogP contribution in [-0.4, -0.2) is 49.2 Å². The van der Waals surface area contributed by atoms with Gasteiger partial charge in [-0.15, -0.1) is 0 Å². The monoisotopic (exact) mass is 339 g/mol. The van der Waals surface area contributed by atoms with Crippen LogP contribution in [0.15, 0.2) is 24.3 Å². The number of para-hydroxylation sites is 1. The summed E-state index contributed by atoms with van der Waals surface area (Å²) in [5.74, 6) is 1.61. The van der Waals surface area contributed by atoms with Crippen molar-refractivity contribution in [1.82, 2.24) is 4.90 Å². The molecule has 3 nitrogen and oxygen atoms in total. The Labute approximate surface area is 129 Å². The Kier molecular flexibility index (Phi) is 4.97. The summed E-state index contributed by atoms with van der Waals surface area (Å²) in [6.45, 7) is 5.06. The van der Waals surface area contributed by atoms with Crippen molar-refractivity contribution in [3.05, 3.63) is 29.8 Å². The predicted octanol–water partition coefficient (Wildman–Crippen LogP) is 3.04. The topological polar surface area (TPSA) is 21.7 Å². The normalized spacial score (nSPS) is 23.6. The summed E-state index contributed by atoms with van der Waals surface area (Å²) in [4.78, 5) is 2.56. The first-order valence-corrected chi connectivity index (χ1v) is 8.60. The second kappa shape index (κ2) is 6.92. The molecule has 0 bridgehead atoms. The van der Waals surface area contributed by atoms with Crippen molar-refractivity contribution < 1.29 is 9.47 Å². The van der Waals surface area contributed by atoms with Crippen molar-refractivity contribution in [1.29, 1.82) is 0 Å². The zero-order valence-corrected chi connectivity index (χ0v) is 13.3. The number of hydrogen-bond donors (Lipinski definition) is 0. The average Bonchev–Trinajstić information content (AvgIpc) is 2.90. The second-order valence-corrected chi connectivity index (χ2v) is 6.40. The van der Waals surface area contributed by atoms with Crippen LogP contribution in [0.3, 0.4) is 0 Å². The fourth-order valence-electron chi connectivity index (χ4n) is 3.16. The molecular weight excluding hydrogens is 318 g/mol. The molecule has 110 valence electrons. The Morgan fingerprint density at radius 2 is 2.05 bits per heavy atom. The quantitative estimate of drug-likeness (QED) is 0.769. The van der Waals surface area contributed by atoms with Gasteiger partial charge in [0.25, 0.3) is 0 Å². The number of nitrogens with zero attached hydrogens (tertiary/aromatic N) is 1. The standard InChI is InChI=1S/C16H22BrNO2/c17-7-10-19-14-5-8-18(9-6-14)11-13-12-20-16-4-2-1-3-15(13)16/h1-4,13-14H,5-12H2. The van der Waals surface area contributed by atoms with E-state index in [-0.39, 0.29) is 0 Å². The van der Waals surface area contributed by atoms with Crippen LogP contribution < -0.4 is 4.74 Å². The highest BCUT2D eigenvalue weighted by molar-refractivity contribution is 9.09. The van der Waals surface area contributed by atoms with Gasteiger partial charge in [-0.2, -0.15) is 0 Å². The van der Waals surface area contributed by atoms with Gasteiger partial charge in [0.2, 0.25) is 0 Å². The summed E-state index contributed by atoms with van der Waals surface area (Å²) in [6.07, 6.45) is 2.76. The van der Waals surface area contributed by atoms with Crippen LogP contribution in [0.2, 0.25) is 0 Å². The lowest BCUT2D eigenvalue weighted by atomic mass is 9.99. The zero-order valence-electron chi connectivity index (χ0n) is 11.8. The highest BCUT2D eigenvalue weighted by Gasteiger charge is 2.27. The fourth-order valence-corrected chi connectivity index (χ4v) is 3.35. The minimum Gasteiger partial charge on any atom is -0.493 e. The minimum absolute atomic E-state index is 0.455. The van der Waals surface area contributed by atoms with E-state index in [0.29, 0.717) is 12.0 Å². The molecule has 2 aliphatic rings. The van der Waals surface area contributed by atoms with Gasteiger partial charge in [0.1, 0.15) is 5.75 Å². The molecule has 0 spiro atoms. The Bertz CT molecular complexity index is 432.